The summed E-state index contributed by atoms with van der Waals surface area (Å²) in [6, 6.07) is 0.164. The van der Waals surface area contributed by atoms with E-state index >= 15 is 0 Å². The van der Waals surface area contributed by atoms with E-state index in [4.69, 9.17) is 11.5 Å². The molecule has 3 heterocycles. The third-order valence-corrected chi connectivity index (χ3v) is 5.14. The molecule has 3 rings (SSSR count). The van der Waals surface area contributed by atoms with Crippen LogP contribution >= 0.6 is 22.7 Å². The van der Waals surface area contributed by atoms with Crippen molar-refractivity contribution in [1.82, 2.24) is 15.3 Å². The number of carbonyl (C=O) groups excluding carboxylic acids is 1. The van der Waals surface area contributed by atoms with Gasteiger partial charge in [0.15, 0.2) is 5.13 Å². The maximum absolute atomic E-state index is 12.2. The van der Waals surface area contributed by atoms with Crippen LogP contribution in [-0.4, -0.2) is 35.0 Å². The van der Waals surface area contributed by atoms with Crippen molar-refractivity contribution in [3.8, 4) is 0 Å². The maximum Gasteiger partial charge on any atom is 0.265 e. The summed E-state index contributed by atoms with van der Waals surface area (Å²) in [5, 5.41) is 6.31. The van der Waals surface area contributed by atoms with Gasteiger partial charge in [-0.15, -0.1) is 11.3 Å². The number of hydrogen-bond donors (Lipinski definition) is 3. The molecule has 112 valence electrons. The highest BCUT2D eigenvalue weighted by atomic mass is 32.1. The maximum atomic E-state index is 12.2. The summed E-state index contributed by atoms with van der Waals surface area (Å²) in [7, 11) is 0. The Balaban J connectivity index is 1.67. The van der Waals surface area contributed by atoms with Crippen LogP contribution in [0.5, 0.6) is 0 Å². The monoisotopic (exact) mass is 324 g/mol. The Morgan fingerprint density at radius 3 is 3.10 bits per heavy atom. The summed E-state index contributed by atoms with van der Waals surface area (Å²) < 4.78 is 0. The van der Waals surface area contributed by atoms with Crippen molar-refractivity contribution in [1.29, 1.82) is 0 Å². The van der Waals surface area contributed by atoms with Gasteiger partial charge in [0.1, 0.15) is 15.7 Å². The van der Waals surface area contributed by atoms with E-state index in [2.05, 4.69) is 20.2 Å². The van der Waals surface area contributed by atoms with Crippen molar-refractivity contribution in [3.63, 3.8) is 0 Å². The molecule has 5 N–H and O–H groups in total. The third kappa shape index (κ3) is 3.14. The van der Waals surface area contributed by atoms with Crippen molar-refractivity contribution in [2.45, 2.75) is 19.0 Å². The first-order valence-corrected chi connectivity index (χ1v) is 8.26. The molecule has 1 aliphatic rings. The van der Waals surface area contributed by atoms with Gasteiger partial charge in [-0.25, -0.2) is 9.97 Å². The number of hydrogen-bond acceptors (Lipinski definition) is 8. The molecule has 1 atom stereocenters. The van der Waals surface area contributed by atoms with Crippen molar-refractivity contribution in [2.24, 2.45) is 5.73 Å². The summed E-state index contributed by atoms with van der Waals surface area (Å²) in [6.45, 7) is 2.01. The molecule has 1 unspecified atom stereocenters. The minimum atomic E-state index is -0.213. The number of nitrogen functional groups attached to an aromatic ring is 1. The van der Waals surface area contributed by atoms with E-state index in [1.165, 1.54) is 22.7 Å². The molecule has 21 heavy (non-hydrogen) atoms. The highest BCUT2D eigenvalue weighted by molar-refractivity contribution is 7.18. The smallest absolute Gasteiger partial charge is 0.265 e. The van der Waals surface area contributed by atoms with E-state index < -0.39 is 0 Å². The number of nitrogens with two attached hydrogens (primary N) is 2. The van der Waals surface area contributed by atoms with Crippen molar-refractivity contribution in [2.75, 3.05) is 23.7 Å². The number of amides is 1. The fourth-order valence-corrected chi connectivity index (χ4v) is 3.65. The Labute approximate surface area is 130 Å². The molecular formula is C12H16N6OS2. The first-order valence-electron chi connectivity index (χ1n) is 6.57. The topological polar surface area (TPSA) is 110 Å². The Morgan fingerprint density at radius 2 is 2.43 bits per heavy atom. The predicted octanol–water partition coefficient (Wildman–Crippen LogP) is 0.649. The van der Waals surface area contributed by atoms with E-state index in [-0.39, 0.29) is 17.8 Å². The molecule has 9 heteroatoms. The minimum absolute atomic E-state index is 0.164. The zero-order valence-corrected chi connectivity index (χ0v) is 12.9. The molecule has 1 fully saturated rings. The Kier molecular flexibility index (Phi) is 4.04. The molecule has 0 radical (unpaired) electrons. The highest BCUT2D eigenvalue weighted by Crippen LogP contribution is 2.30. The average Bonchev–Trinajstić information content (AvgIpc) is 3.16. The summed E-state index contributed by atoms with van der Waals surface area (Å²) in [6.07, 6.45) is 2.65. The van der Waals surface area contributed by atoms with Crippen molar-refractivity contribution < 1.29 is 4.79 Å². The van der Waals surface area contributed by atoms with Crippen molar-refractivity contribution in [3.05, 3.63) is 21.5 Å². The van der Waals surface area contributed by atoms with Gasteiger partial charge in [0.2, 0.25) is 0 Å². The van der Waals surface area contributed by atoms with Gasteiger partial charge < -0.3 is 21.7 Å². The Hall–Kier alpha value is -1.71. The molecule has 2 aromatic rings. The highest BCUT2D eigenvalue weighted by Gasteiger charge is 2.24. The molecule has 1 aliphatic heterocycles. The Bertz CT molecular complexity index is 626. The second kappa shape index (κ2) is 5.96. The number of aromatic nitrogens is 2. The summed E-state index contributed by atoms with van der Waals surface area (Å²) in [4.78, 5) is 23.1. The van der Waals surface area contributed by atoms with E-state index in [0.29, 0.717) is 11.4 Å². The first kappa shape index (κ1) is 14.2. The zero-order valence-electron chi connectivity index (χ0n) is 11.3. The number of rotatable bonds is 4. The fourth-order valence-electron chi connectivity index (χ4n) is 2.16. The van der Waals surface area contributed by atoms with Gasteiger partial charge in [0.25, 0.3) is 5.91 Å². The summed E-state index contributed by atoms with van der Waals surface area (Å²) in [5.41, 5.74) is 11.7. The molecule has 0 bridgehead atoms. The van der Waals surface area contributed by atoms with Crippen LogP contribution in [0.25, 0.3) is 0 Å². The lowest BCUT2D eigenvalue weighted by Crippen LogP contribution is -2.26. The molecule has 0 aliphatic carbocycles. The van der Waals surface area contributed by atoms with E-state index in [1.807, 2.05) is 5.38 Å². The second-order valence-electron chi connectivity index (χ2n) is 4.81. The van der Waals surface area contributed by atoms with E-state index in [1.54, 1.807) is 6.20 Å². The van der Waals surface area contributed by atoms with Crippen molar-refractivity contribution >= 4 is 39.5 Å². The van der Waals surface area contributed by atoms with Crippen LogP contribution in [0.4, 0.5) is 10.9 Å². The van der Waals surface area contributed by atoms with Gasteiger partial charge >= 0.3 is 0 Å². The molecular weight excluding hydrogens is 308 g/mol. The molecule has 0 spiro atoms. The number of thiazole rings is 2. The van der Waals surface area contributed by atoms with Gasteiger partial charge in [-0.05, 0) is 6.42 Å². The first-order chi connectivity index (χ1) is 10.1. The van der Waals surface area contributed by atoms with Crippen LogP contribution in [0.3, 0.4) is 0 Å². The molecule has 1 amide bonds. The zero-order chi connectivity index (χ0) is 14.8. The number of nitrogens with one attached hydrogen (secondary N) is 1. The van der Waals surface area contributed by atoms with Crippen LogP contribution < -0.4 is 21.7 Å². The lowest BCUT2D eigenvalue weighted by atomic mass is 10.3. The van der Waals surface area contributed by atoms with Crippen LogP contribution in [-0.2, 0) is 6.54 Å². The van der Waals surface area contributed by atoms with E-state index in [0.717, 1.165) is 29.6 Å². The van der Waals surface area contributed by atoms with Crippen LogP contribution in [0, 0.1) is 0 Å². The van der Waals surface area contributed by atoms with Gasteiger partial charge in [0.05, 0.1) is 6.54 Å². The largest absolute Gasteiger partial charge is 0.382 e. The molecule has 7 nitrogen and oxygen atoms in total. The molecule has 1 saturated heterocycles. The summed E-state index contributed by atoms with van der Waals surface area (Å²) in [5.74, 6) is 0.0575. The van der Waals surface area contributed by atoms with Gasteiger partial charge in [-0.2, -0.15) is 0 Å². The van der Waals surface area contributed by atoms with E-state index in [9.17, 15) is 4.79 Å². The number of anilines is 2. The second-order valence-corrected chi connectivity index (χ2v) is 6.77. The van der Waals surface area contributed by atoms with Crippen LogP contribution in [0.1, 0.15) is 21.1 Å². The van der Waals surface area contributed by atoms with Gasteiger partial charge in [0, 0.05) is 30.7 Å². The molecule has 2 aromatic heterocycles. The molecule has 0 aromatic carbocycles. The SMILES string of the molecule is Nc1nc(N2CCC(N)C2)sc1C(=O)NCc1nccs1. The van der Waals surface area contributed by atoms with Gasteiger partial charge in [-0.1, -0.05) is 11.3 Å². The predicted molar refractivity (Wildman–Crippen MR) is 84.6 cm³/mol. The third-order valence-electron chi connectivity index (χ3n) is 3.23. The minimum Gasteiger partial charge on any atom is -0.382 e. The number of nitrogens with zero attached hydrogens (tertiary/aromatic N) is 3. The fraction of sp³-hybridized carbons (Fsp3) is 0.417. The Morgan fingerprint density at radius 1 is 1.57 bits per heavy atom. The van der Waals surface area contributed by atoms with Gasteiger partial charge in [-0.3, -0.25) is 4.79 Å². The molecule has 0 saturated carbocycles. The number of carbonyl (C=O) groups is 1. The van der Waals surface area contributed by atoms with Crippen LogP contribution in [0.15, 0.2) is 11.6 Å². The lowest BCUT2D eigenvalue weighted by Gasteiger charge is -2.12. The average molecular weight is 324 g/mol. The summed E-state index contributed by atoms with van der Waals surface area (Å²) >= 11 is 2.81. The standard InChI is InChI=1S/C12H16N6OS2/c13-7-1-3-18(6-7)12-17-10(14)9(21-12)11(19)16-5-8-15-2-4-20-8/h2,4,7H,1,3,5-6,13-14H2,(H,16,19). The lowest BCUT2D eigenvalue weighted by molar-refractivity contribution is 0.0955. The quantitative estimate of drug-likeness (QED) is 0.761. The van der Waals surface area contributed by atoms with Crippen LogP contribution in [0.2, 0.25) is 0 Å². The normalized spacial score (nSPS) is 18.1.